The predicted molar refractivity (Wildman–Crippen MR) is 83.6 cm³/mol. The molecule has 0 saturated carbocycles. The van der Waals surface area contributed by atoms with Crippen molar-refractivity contribution in [1.82, 2.24) is 14.5 Å². The zero-order valence-corrected chi connectivity index (χ0v) is 13.5. The van der Waals surface area contributed by atoms with Crippen molar-refractivity contribution in [3.8, 4) is 0 Å². The first-order valence-corrected chi connectivity index (χ1v) is 7.82. The van der Waals surface area contributed by atoms with E-state index in [0.717, 1.165) is 11.0 Å². The molecule has 1 aliphatic heterocycles. The first-order chi connectivity index (χ1) is 11.2. The molecular weight excluding hydrogens is 321 g/mol. The van der Waals surface area contributed by atoms with Gasteiger partial charge < -0.3 is 15.2 Å². The van der Waals surface area contributed by atoms with Gasteiger partial charge in [-0.1, -0.05) is 0 Å². The van der Waals surface area contributed by atoms with Crippen molar-refractivity contribution >= 4 is 16.9 Å². The van der Waals surface area contributed by atoms with Gasteiger partial charge in [0.2, 0.25) is 5.82 Å². The standard InChI is InChI=1S/C16H19F3N4O/c1-9(2)23-13-4-3-10(14(24)22-6-5-11(20)8-22)7-12(13)21-15(23)16(17,18)19/h3-4,7,9,11H,5-6,8,20H2,1-2H3/t11-/m0/s1. The van der Waals surface area contributed by atoms with Crippen LogP contribution >= 0.6 is 0 Å². The number of amides is 1. The Kier molecular flexibility index (Phi) is 4.03. The van der Waals surface area contributed by atoms with Gasteiger partial charge in [0.1, 0.15) is 0 Å². The smallest absolute Gasteiger partial charge is 0.337 e. The minimum Gasteiger partial charge on any atom is -0.337 e. The number of nitrogens with two attached hydrogens (primary N) is 1. The summed E-state index contributed by atoms with van der Waals surface area (Å²) in [5, 5.41) is 0. The quantitative estimate of drug-likeness (QED) is 0.914. The molecule has 8 heteroatoms. The first-order valence-electron chi connectivity index (χ1n) is 7.82. The summed E-state index contributed by atoms with van der Waals surface area (Å²) < 4.78 is 40.8. The van der Waals surface area contributed by atoms with Gasteiger partial charge in [0, 0.05) is 30.7 Å². The lowest BCUT2D eigenvalue weighted by atomic mass is 10.1. The Morgan fingerprint density at radius 3 is 2.62 bits per heavy atom. The van der Waals surface area contributed by atoms with Crippen molar-refractivity contribution in [2.24, 2.45) is 5.73 Å². The summed E-state index contributed by atoms with van der Waals surface area (Å²) in [6, 6.07) is 4.06. The minimum absolute atomic E-state index is 0.0466. The third-order valence-electron chi connectivity index (χ3n) is 4.22. The summed E-state index contributed by atoms with van der Waals surface area (Å²) in [6.45, 7) is 4.36. The van der Waals surface area contributed by atoms with Crippen LogP contribution in [-0.4, -0.2) is 39.5 Å². The van der Waals surface area contributed by atoms with Gasteiger partial charge in [0.05, 0.1) is 11.0 Å². The fraction of sp³-hybridized carbons (Fsp3) is 0.500. The molecule has 1 amide bonds. The number of nitrogens with zero attached hydrogens (tertiary/aromatic N) is 3. The number of aromatic nitrogens is 2. The third-order valence-corrected chi connectivity index (χ3v) is 4.22. The van der Waals surface area contributed by atoms with E-state index in [9.17, 15) is 18.0 Å². The van der Waals surface area contributed by atoms with Crippen molar-refractivity contribution in [3.05, 3.63) is 29.6 Å². The second-order valence-corrected chi connectivity index (χ2v) is 6.40. The second-order valence-electron chi connectivity index (χ2n) is 6.40. The molecule has 24 heavy (non-hydrogen) atoms. The van der Waals surface area contributed by atoms with Crippen LogP contribution < -0.4 is 5.73 Å². The highest BCUT2D eigenvalue weighted by molar-refractivity contribution is 5.97. The lowest BCUT2D eigenvalue weighted by molar-refractivity contribution is -0.147. The number of rotatable bonds is 2. The molecule has 0 bridgehead atoms. The van der Waals surface area contributed by atoms with Gasteiger partial charge in [0.15, 0.2) is 0 Å². The molecule has 1 aromatic heterocycles. The number of imidazole rings is 1. The van der Waals surface area contributed by atoms with Gasteiger partial charge in [0.25, 0.3) is 5.91 Å². The number of fused-ring (bicyclic) bond motifs is 1. The number of hydrogen-bond acceptors (Lipinski definition) is 3. The molecule has 1 atom stereocenters. The molecule has 130 valence electrons. The number of benzene rings is 1. The van der Waals surface area contributed by atoms with Crippen molar-refractivity contribution in [2.45, 2.75) is 38.5 Å². The van der Waals surface area contributed by atoms with Gasteiger partial charge in [-0.3, -0.25) is 4.79 Å². The largest absolute Gasteiger partial charge is 0.449 e. The Morgan fingerprint density at radius 1 is 1.38 bits per heavy atom. The summed E-state index contributed by atoms with van der Waals surface area (Å²) in [7, 11) is 0. The highest BCUT2D eigenvalue weighted by Crippen LogP contribution is 2.34. The Bertz CT molecular complexity index is 781. The van der Waals surface area contributed by atoms with Crippen LogP contribution in [0.5, 0.6) is 0 Å². The van der Waals surface area contributed by atoms with E-state index in [0.29, 0.717) is 24.2 Å². The average molecular weight is 340 g/mol. The molecule has 1 fully saturated rings. The summed E-state index contributed by atoms with van der Waals surface area (Å²) in [4.78, 5) is 17.8. The molecule has 2 aromatic rings. The van der Waals surface area contributed by atoms with Crippen LogP contribution in [0.25, 0.3) is 11.0 Å². The van der Waals surface area contributed by atoms with Crippen LogP contribution in [0.15, 0.2) is 18.2 Å². The minimum atomic E-state index is -4.55. The van der Waals surface area contributed by atoms with E-state index in [2.05, 4.69) is 4.98 Å². The molecular formula is C16H19F3N4O. The SMILES string of the molecule is CC(C)n1c(C(F)(F)F)nc2cc(C(=O)N3CC[C@H](N)C3)ccc21. The molecule has 0 unspecified atom stereocenters. The molecule has 0 radical (unpaired) electrons. The van der Waals surface area contributed by atoms with E-state index < -0.39 is 18.0 Å². The van der Waals surface area contributed by atoms with Gasteiger partial charge in [-0.2, -0.15) is 13.2 Å². The Labute approximate surface area is 137 Å². The van der Waals surface area contributed by atoms with Crippen LogP contribution in [0.3, 0.4) is 0 Å². The van der Waals surface area contributed by atoms with Crippen molar-refractivity contribution in [3.63, 3.8) is 0 Å². The normalized spacial score (nSPS) is 18.8. The van der Waals surface area contributed by atoms with Gasteiger partial charge in [-0.15, -0.1) is 0 Å². The van der Waals surface area contributed by atoms with E-state index in [1.54, 1.807) is 24.8 Å². The lowest BCUT2D eigenvalue weighted by Gasteiger charge is -2.16. The number of alkyl halides is 3. The maximum absolute atomic E-state index is 13.2. The predicted octanol–water partition coefficient (Wildman–Crippen LogP) is 2.81. The molecule has 1 aromatic carbocycles. The van der Waals surface area contributed by atoms with Gasteiger partial charge in [-0.25, -0.2) is 4.98 Å². The van der Waals surface area contributed by atoms with Crippen LogP contribution in [0.1, 0.15) is 42.5 Å². The number of hydrogen-bond donors (Lipinski definition) is 1. The van der Waals surface area contributed by atoms with Crippen molar-refractivity contribution in [2.75, 3.05) is 13.1 Å². The fourth-order valence-corrected chi connectivity index (χ4v) is 3.11. The van der Waals surface area contributed by atoms with Gasteiger partial charge in [-0.05, 0) is 38.5 Å². The molecule has 1 saturated heterocycles. The summed E-state index contributed by atoms with van der Waals surface area (Å²) in [5.74, 6) is -1.17. The molecule has 3 rings (SSSR count). The molecule has 2 N–H and O–H groups in total. The van der Waals surface area contributed by atoms with Crippen LogP contribution in [-0.2, 0) is 6.18 Å². The monoisotopic (exact) mass is 340 g/mol. The number of carbonyl (C=O) groups excluding carboxylic acids is 1. The van der Waals surface area contributed by atoms with Crippen molar-refractivity contribution in [1.29, 1.82) is 0 Å². The average Bonchev–Trinajstić information content (AvgIpc) is 3.08. The van der Waals surface area contributed by atoms with Crippen LogP contribution in [0.4, 0.5) is 13.2 Å². The summed E-state index contributed by atoms with van der Waals surface area (Å²) in [5.41, 5.74) is 6.67. The highest BCUT2D eigenvalue weighted by atomic mass is 19.4. The Hall–Kier alpha value is -2.09. The lowest BCUT2D eigenvalue weighted by Crippen LogP contribution is -2.31. The molecule has 2 heterocycles. The Balaban J connectivity index is 2.04. The fourth-order valence-electron chi connectivity index (χ4n) is 3.11. The topological polar surface area (TPSA) is 64.2 Å². The highest BCUT2D eigenvalue weighted by Gasteiger charge is 2.38. The summed E-state index contributed by atoms with van der Waals surface area (Å²) in [6.07, 6.45) is -3.82. The maximum atomic E-state index is 13.2. The van der Waals surface area contributed by atoms with Crippen LogP contribution in [0, 0.1) is 0 Å². The number of carbonyl (C=O) groups is 1. The first kappa shape index (κ1) is 16.8. The second kappa shape index (κ2) is 5.77. The van der Waals surface area contributed by atoms with Crippen molar-refractivity contribution < 1.29 is 18.0 Å². The molecule has 1 aliphatic rings. The third kappa shape index (κ3) is 2.86. The Morgan fingerprint density at radius 2 is 2.08 bits per heavy atom. The van der Waals surface area contributed by atoms with Crippen LogP contribution in [0.2, 0.25) is 0 Å². The zero-order chi connectivity index (χ0) is 17.6. The van der Waals surface area contributed by atoms with E-state index in [1.165, 1.54) is 12.1 Å². The van der Waals surface area contributed by atoms with E-state index in [4.69, 9.17) is 5.73 Å². The zero-order valence-electron chi connectivity index (χ0n) is 13.5. The number of likely N-dealkylation sites (tertiary alicyclic amines) is 1. The molecule has 5 nitrogen and oxygen atoms in total. The van der Waals surface area contributed by atoms with Gasteiger partial charge >= 0.3 is 6.18 Å². The molecule has 0 aliphatic carbocycles. The van der Waals surface area contributed by atoms with E-state index in [1.807, 2.05) is 0 Å². The molecule has 0 spiro atoms. The summed E-state index contributed by atoms with van der Waals surface area (Å²) >= 11 is 0. The van der Waals surface area contributed by atoms with E-state index in [-0.39, 0.29) is 17.5 Å². The van der Waals surface area contributed by atoms with E-state index >= 15 is 0 Å². The number of halogens is 3. The maximum Gasteiger partial charge on any atom is 0.449 e.